The van der Waals surface area contributed by atoms with Gasteiger partial charge in [0.25, 0.3) is 0 Å². The maximum Gasteiger partial charge on any atom is 0.227 e. The van der Waals surface area contributed by atoms with Crippen LogP contribution in [0.4, 0.5) is 23.0 Å². The van der Waals surface area contributed by atoms with Gasteiger partial charge in [-0.2, -0.15) is 0 Å². The number of fused-ring (bicyclic) bond motifs is 1. The van der Waals surface area contributed by atoms with Gasteiger partial charge in [0.1, 0.15) is 5.75 Å². The lowest BCUT2D eigenvalue weighted by molar-refractivity contribution is 0.202. The van der Waals surface area contributed by atoms with Crippen LogP contribution < -0.4 is 20.3 Å². The zero-order valence-electron chi connectivity index (χ0n) is 22.7. The fraction of sp³-hybridized carbons (Fsp3) is 0.308. The Hall–Kier alpha value is -3.69. The average molecular weight is 499 g/mol. The molecule has 37 heavy (non-hydrogen) atoms. The van der Waals surface area contributed by atoms with Crippen molar-refractivity contribution in [2.45, 2.75) is 5.52 Å². The van der Waals surface area contributed by atoms with E-state index in [2.05, 4.69) is 43.4 Å². The second-order valence-electron chi connectivity index (χ2n) is 9.83. The van der Waals surface area contributed by atoms with Crippen molar-refractivity contribution in [3.05, 3.63) is 54.9 Å². The lowest BCUT2D eigenvalue weighted by atomic mass is 9.71. The van der Waals surface area contributed by atoms with E-state index < -0.39 is 5.52 Å². The summed E-state index contributed by atoms with van der Waals surface area (Å²) in [6.07, 6.45) is 3.84. The van der Waals surface area contributed by atoms with Crippen LogP contribution in [0.3, 0.4) is 0 Å². The SMILES string of the molecule is BC(B)(O)N(CCN(C)C)c1cc(OC)c(Nc2nccc(-c3cn(C)c4ccccc34)n2)cc1NC. The second-order valence-corrected chi connectivity index (χ2v) is 9.83. The molecule has 0 radical (unpaired) electrons. The van der Waals surface area contributed by atoms with Gasteiger partial charge < -0.3 is 34.8 Å². The molecule has 0 atom stereocenters. The molecule has 9 nitrogen and oxygen atoms in total. The molecule has 0 amide bonds. The highest BCUT2D eigenvalue weighted by molar-refractivity contribution is 6.40. The smallest absolute Gasteiger partial charge is 0.227 e. The number of rotatable bonds is 10. The Labute approximate surface area is 220 Å². The molecular formula is C26H35B2N7O2. The molecule has 0 bridgehead atoms. The number of nitrogens with zero attached hydrogens (tertiary/aromatic N) is 5. The fourth-order valence-corrected chi connectivity index (χ4v) is 4.48. The van der Waals surface area contributed by atoms with Crippen molar-refractivity contribution in [3.63, 3.8) is 0 Å². The maximum absolute atomic E-state index is 10.9. The van der Waals surface area contributed by atoms with Crippen molar-refractivity contribution < 1.29 is 9.84 Å². The Morgan fingerprint density at radius 1 is 1.11 bits per heavy atom. The summed E-state index contributed by atoms with van der Waals surface area (Å²) < 4.78 is 7.86. The van der Waals surface area contributed by atoms with Crippen molar-refractivity contribution in [1.82, 2.24) is 19.4 Å². The molecule has 11 heteroatoms. The molecule has 0 saturated carbocycles. The van der Waals surface area contributed by atoms with Gasteiger partial charge in [0.2, 0.25) is 5.95 Å². The van der Waals surface area contributed by atoms with E-state index in [1.807, 2.05) is 63.4 Å². The summed E-state index contributed by atoms with van der Waals surface area (Å²) in [5.74, 6) is 1.08. The molecule has 2 aromatic carbocycles. The van der Waals surface area contributed by atoms with Crippen molar-refractivity contribution in [3.8, 4) is 17.0 Å². The molecule has 4 rings (SSSR count). The van der Waals surface area contributed by atoms with Gasteiger partial charge in [-0.3, -0.25) is 0 Å². The molecule has 0 aliphatic carbocycles. The molecule has 0 aliphatic heterocycles. The van der Waals surface area contributed by atoms with E-state index in [1.54, 1.807) is 29.0 Å². The van der Waals surface area contributed by atoms with E-state index in [1.165, 1.54) is 0 Å². The first-order valence-corrected chi connectivity index (χ1v) is 12.3. The highest BCUT2D eigenvalue weighted by Gasteiger charge is 2.27. The molecule has 4 aromatic rings. The zero-order chi connectivity index (χ0) is 26.7. The standard InChI is InChI=1S/C26H35B2N7O2/c1-29-20-14-21(24(37-5)15-23(20)35(26(27,28)36)13-12-33(2)3)32-25-30-11-10-19(31-25)18-16-34(4)22-9-7-6-8-17(18)22/h6-11,14-16,29,36H,12-13,27-28H2,1-5H3,(H,30,31,32). The van der Waals surface area contributed by atoms with Gasteiger partial charge in [0.05, 0.1) is 35.4 Å². The van der Waals surface area contributed by atoms with Crippen LogP contribution in [0.5, 0.6) is 5.75 Å². The molecule has 2 heterocycles. The summed E-state index contributed by atoms with van der Waals surface area (Å²) in [7, 11) is 13.1. The fourth-order valence-electron chi connectivity index (χ4n) is 4.48. The Morgan fingerprint density at radius 3 is 2.54 bits per heavy atom. The van der Waals surface area contributed by atoms with Gasteiger partial charge in [-0.05, 0) is 32.3 Å². The summed E-state index contributed by atoms with van der Waals surface area (Å²) in [6.45, 7) is 1.42. The highest BCUT2D eigenvalue weighted by Crippen LogP contribution is 2.39. The molecule has 0 saturated heterocycles. The molecule has 0 spiro atoms. The quantitative estimate of drug-likeness (QED) is 0.225. The summed E-state index contributed by atoms with van der Waals surface area (Å²) >= 11 is 0. The van der Waals surface area contributed by atoms with E-state index in [0.717, 1.165) is 40.1 Å². The predicted octanol–water partition coefficient (Wildman–Crippen LogP) is 1.67. The third-order valence-corrected chi connectivity index (χ3v) is 6.38. The number of benzene rings is 2. The molecule has 0 aliphatic rings. The van der Waals surface area contributed by atoms with Gasteiger partial charge in [0.15, 0.2) is 15.7 Å². The Balaban J connectivity index is 1.71. The van der Waals surface area contributed by atoms with Gasteiger partial charge in [-0.25, -0.2) is 9.97 Å². The van der Waals surface area contributed by atoms with Crippen LogP contribution in [0.25, 0.3) is 22.2 Å². The largest absolute Gasteiger partial charge is 0.494 e. The Bertz CT molecular complexity index is 1390. The maximum atomic E-state index is 10.9. The van der Waals surface area contributed by atoms with Gasteiger partial charge in [-0.1, -0.05) is 18.2 Å². The van der Waals surface area contributed by atoms with Crippen LogP contribution in [-0.4, -0.2) is 87.1 Å². The zero-order valence-corrected chi connectivity index (χ0v) is 22.7. The minimum Gasteiger partial charge on any atom is -0.494 e. The van der Waals surface area contributed by atoms with Gasteiger partial charge in [0, 0.05) is 62.1 Å². The topological polar surface area (TPSA) is 90.7 Å². The molecule has 2 aromatic heterocycles. The summed E-state index contributed by atoms with van der Waals surface area (Å²) in [6, 6.07) is 14.1. The van der Waals surface area contributed by atoms with Crippen LogP contribution in [0.1, 0.15) is 0 Å². The van der Waals surface area contributed by atoms with Crippen LogP contribution in [0.15, 0.2) is 54.9 Å². The highest BCUT2D eigenvalue weighted by atomic mass is 16.5. The van der Waals surface area contributed by atoms with Crippen LogP contribution in [-0.2, 0) is 7.05 Å². The number of aryl methyl sites for hydroxylation is 1. The van der Waals surface area contributed by atoms with Crippen molar-refractivity contribution >= 4 is 49.6 Å². The van der Waals surface area contributed by atoms with Crippen LogP contribution >= 0.6 is 0 Å². The molecule has 0 fully saturated rings. The monoisotopic (exact) mass is 499 g/mol. The third kappa shape index (κ3) is 5.68. The number of ether oxygens (including phenoxy) is 1. The van der Waals surface area contributed by atoms with Gasteiger partial charge >= 0.3 is 0 Å². The number of aromatic nitrogens is 3. The van der Waals surface area contributed by atoms with E-state index in [4.69, 9.17) is 9.72 Å². The number of para-hydroxylation sites is 1. The van der Waals surface area contributed by atoms with E-state index >= 15 is 0 Å². The van der Waals surface area contributed by atoms with E-state index in [-0.39, 0.29) is 0 Å². The molecular weight excluding hydrogens is 464 g/mol. The Kier molecular flexibility index (Phi) is 7.65. The Morgan fingerprint density at radius 2 is 1.86 bits per heavy atom. The second kappa shape index (κ2) is 10.7. The van der Waals surface area contributed by atoms with Crippen molar-refractivity contribution in [1.29, 1.82) is 0 Å². The summed E-state index contributed by atoms with van der Waals surface area (Å²) in [5.41, 5.74) is 4.34. The number of likely N-dealkylation sites (N-methyl/N-ethyl adjacent to an activating group) is 1. The van der Waals surface area contributed by atoms with Gasteiger partial charge in [-0.15, -0.1) is 0 Å². The minimum atomic E-state index is -1.07. The van der Waals surface area contributed by atoms with Crippen molar-refractivity contribution in [2.75, 3.05) is 56.9 Å². The van der Waals surface area contributed by atoms with Crippen LogP contribution in [0, 0.1) is 0 Å². The molecule has 192 valence electrons. The minimum absolute atomic E-state index is 0.463. The number of methoxy groups -OCH3 is 1. The predicted molar refractivity (Wildman–Crippen MR) is 158 cm³/mol. The first kappa shape index (κ1) is 26.4. The number of hydrogen-bond donors (Lipinski definition) is 3. The van der Waals surface area contributed by atoms with E-state index in [9.17, 15) is 5.11 Å². The first-order valence-electron chi connectivity index (χ1n) is 12.3. The normalized spacial score (nSPS) is 11.6. The lowest BCUT2D eigenvalue weighted by Gasteiger charge is -2.39. The first-order chi connectivity index (χ1) is 17.6. The van der Waals surface area contributed by atoms with E-state index in [0.29, 0.717) is 23.9 Å². The number of anilines is 4. The number of aliphatic hydroxyl groups is 1. The third-order valence-electron chi connectivity index (χ3n) is 6.38. The molecule has 0 unspecified atom stereocenters. The van der Waals surface area contributed by atoms with Crippen molar-refractivity contribution in [2.24, 2.45) is 7.05 Å². The van der Waals surface area contributed by atoms with Crippen LogP contribution in [0.2, 0.25) is 0 Å². The molecule has 3 N–H and O–H groups in total. The lowest BCUT2D eigenvalue weighted by Crippen LogP contribution is -2.52. The average Bonchev–Trinajstić information content (AvgIpc) is 3.20. The summed E-state index contributed by atoms with van der Waals surface area (Å²) in [4.78, 5) is 13.3. The summed E-state index contributed by atoms with van der Waals surface area (Å²) in [5, 5.41) is 18.7. The number of nitrogens with one attached hydrogen (secondary N) is 2. The number of hydrogen-bond acceptors (Lipinski definition) is 8.